The van der Waals surface area contributed by atoms with E-state index in [0.29, 0.717) is 0 Å². The van der Waals surface area contributed by atoms with Gasteiger partial charge in [0.25, 0.3) is 0 Å². The Kier molecular flexibility index (Phi) is 3.87. The van der Waals surface area contributed by atoms with Gasteiger partial charge in [-0.1, -0.05) is 20.8 Å². The van der Waals surface area contributed by atoms with E-state index in [1.54, 1.807) is 0 Å². The maximum absolute atomic E-state index is 4.31. The van der Waals surface area contributed by atoms with Gasteiger partial charge >= 0.3 is 0 Å². The lowest BCUT2D eigenvalue weighted by atomic mass is 10.1. The zero-order chi connectivity index (χ0) is 9.68. The molecule has 0 fully saturated rings. The van der Waals surface area contributed by atoms with Crippen LogP contribution in [0.15, 0.2) is 12.4 Å². The van der Waals surface area contributed by atoms with Crippen LogP contribution in [0.5, 0.6) is 0 Å². The first kappa shape index (κ1) is 10.2. The van der Waals surface area contributed by atoms with Crippen molar-refractivity contribution in [2.24, 2.45) is 5.92 Å². The first-order chi connectivity index (χ1) is 6.22. The van der Waals surface area contributed by atoms with Crippen LogP contribution in [0.3, 0.4) is 0 Å². The fourth-order valence-electron chi connectivity index (χ4n) is 1.11. The van der Waals surface area contributed by atoms with Crippen LogP contribution < -0.4 is 0 Å². The molecular weight excluding hydrogens is 160 g/mol. The van der Waals surface area contributed by atoms with Crippen molar-refractivity contribution in [1.82, 2.24) is 9.97 Å². The van der Waals surface area contributed by atoms with E-state index in [2.05, 4.69) is 30.7 Å². The summed E-state index contributed by atoms with van der Waals surface area (Å²) in [6.07, 6.45) is 7.06. The summed E-state index contributed by atoms with van der Waals surface area (Å²) >= 11 is 0. The number of hydrogen-bond acceptors (Lipinski definition) is 2. The molecular formula is C11H18N2. The fraction of sp³-hybridized carbons (Fsp3) is 0.636. The third kappa shape index (κ3) is 3.53. The van der Waals surface area contributed by atoms with E-state index in [4.69, 9.17) is 0 Å². The Balaban J connectivity index is 2.49. The molecule has 0 saturated heterocycles. The van der Waals surface area contributed by atoms with Gasteiger partial charge in [-0.3, -0.25) is 0 Å². The van der Waals surface area contributed by atoms with Crippen LogP contribution in [0.2, 0.25) is 0 Å². The lowest BCUT2D eigenvalue weighted by Crippen LogP contribution is -1.98. The van der Waals surface area contributed by atoms with Gasteiger partial charge in [0.05, 0.1) is 0 Å². The highest BCUT2D eigenvalue weighted by Gasteiger charge is 1.99. The average molecular weight is 178 g/mol. The smallest absolute Gasteiger partial charge is 0.128 e. The van der Waals surface area contributed by atoms with Gasteiger partial charge in [0.15, 0.2) is 0 Å². The van der Waals surface area contributed by atoms with Crippen LogP contribution in [0.4, 0.5) is 0 Å². The van der Waals surface area contributed by atoms with Crippen molar-refractivity contribution in [1.29, 1.82) is 0 Å². The number of nitrogens with zero attached hydrogens (tertiary/aromatic N) is 2. The Morgan fingerprint density at radius 2 is 1.85 bits per heavy atom. The molecule has 0 bridgehead atoms. The maximum Gasteiger partial charge on any atom is 0.128 e. The van der Waals surface area contributed by atoms with Crippen LogP contribution in [-0.4, -0.2) is 9.97 Å². The zero-order valence-electron chi connectivity index (χ0n) is 8.75. The molecule has 0 aliphatic carbocycles. The molecule has 1 aromatic rings. The highest BCUT2D eigenvalue weighted by atomic mass is 14.9. The Morgan fingerprint density at radius 1 is 1.23 bits per heavy atom. The molecule has 0 radical (unpaired) electrons. The van der Waals surface area contributed by atoms with E-state index in [9.17, 15) is 0 Å². The molecule has 1 rings (SSSR count). The van der Waals surface area contributed by atoms with Crippen LogP contribution in [0.1, 0.15) is 38.6 Å². The van der Waals surface area contributed by atoms with E-state index in [0.717, 1.165) is 24.6 Å². The number of aryl methyl sites for hydroxylation is 2. The molecule has 0 unspecified atom stereocenters. The molecule has 0 amide bonds. The van der Waals surface area contributed by atoms with E-state index >= 15 is 0 Å². The van der Waals surface area contributed by atoms with Crippen LogP contribution >= 0.6 is 0 Å². The molecule has 0 N–H and O–H groups in total. The molecule has 0 saturated carbocycles. The van der Waals surface area contributed by atoms with Crippen molar-refractivity contribution in [2.45, 2.75) is 40.0 Å². The molecule has 2 nitrogen and oxygen atoms in total. The second-order valence-corrected chi connectivity index (χ2v) is 3.79. The largest absolute Gasteiger partial charge is 0.241 e. The Labute approximate surface area is 80.4 Å². The van der Waals surface area contributed by atoms with Crippen LogP contribution in [0.25, 0.3) is 0 Å². The molecule has 1 aromatic heterocycles. The van der Waals surface area contributed by atoms with Gasteiger partial charge < -0.3 is 0 Å². The fourth-order valence-corrected chi connectivity index (χ4v) is 1.11. The number of aromatic nitrogens is 2. The molecule has 0 aliphatic rings. The van der Waals surface area contributed by atoms with E-state index < -0.39 is 0 Å². The van der Waals surface area contributed by atoms with Crippen molar-refractivity contribution >= 4 is 0 Å². The van der Waals surface area contributed by atoms with Gasteiger partial charge in [0.1, 0.15) is 5.82 Å². The molecule has 0 atom stereocenters. The third-order valence-electron chi connectivity index (χ3n) is 2.11. The van der Waals surface area contributed by atoms with Crippen molar-refractivity contribution < 1.29 is 0 Å². The molecule has 72 valence electrons. The third-order valence-corrected chi connectivity index (χ3v) is 2.11. The van der Waals surface area contributed by atoms with Gasteiger partial charge in [0.2, 0.25) is 0 Å². The van der Waals surface area contributed by atoms with E-state index in [1.807, 2.05) is 12.4 Å². The van der Waals surface area contributed by atoms with Crippen molar-refractivity contribution in [2.75, 3.05) is 0 Å². The van der Waals surface area contributed by atoms with Crippen LogP contribution in [0, 0.1) is 5.92 Å². The molecule has 0 spiro atoms. The van der Waals surface area contributed by atoms with E-state index in [-0.39, 0.29) is 0 Å². The SMILES string of the molecule is CCc1cnc(CCC(C)C)nc1. The van der Waals surface area contributed by atoms with Gasteiger partial charge in [-0.2, -0.15) is 0 Å². The molecule has 1 heterocycles. The summed E-state index contributed by atoms with van der Waals surface area (Å²) in [5.41, 5.74) is 1.22. The topological polar surface area (TPSA) is 25.8 Å². The number of hydrogen-bond donors (Lipinski definition) is 0. The Morgan fingerprint density at radius 3 is 2.31 bits per heavy atom. The first-order valence-electron chi connectivity index (χ1n) is 5.02. The second-order valence-electron chi connectivity index (χ2n) is 3.79. The van der Waals surface area contributed by atoms with Gasteiger partial charge in [-0.15, -0.1) is 0 Å². The Bertz CT molecular complexity index is 239. The molecule has 0 aromatic carbocycles. The summed E-state index contributed by atoms with van der Waals surface area (Å²) < 4.78 is 0. The Hall–Kier alpha value is -0.920. The summed E-state index contributed by atoms with van der Waals surface area (Å²) in [5.74, 6) is 1.71. The predicted molar refractivity (Wildman–Crippen MR) is 54.6 cm³/mol. The standard InChI is InChI=1S/C11H18N2/c1-4-10-7-12-11(13-8-10)6-5-9(2)3/h7-9H,4-6H2,1-3H3. The van der Waals surface area contributed by atoms with Crippen molar-refractivity contribution in [3.05, 3.63) is 23.8 Å². The minimum absolute atomic E-state index is 0.731. The van der Waals surface area contributed by atoms with Crippen molar-refractivity contribution in [3.63, 3.8) is 0 Å². The normalized spacial score (nSPS) is 10.8. The predicted octanol–water partition coefficient (Wildman–Crippen LogP) is 2.63. The average Bonchev–Trinajstić information content (AvgIpc) is 2.15. The summed E-state index contributed by atoms with van der Waals surface area (Å²) in [7, 11) is 0. The van der Waals surface area contributed by atoms with Gasteiger partial charge in [0, 0.05) is 18.8 Å². The maximum atomic E-state index is 4.31. The quantitative estimate of drug-likeness (QED) is 0.708. The minimum Gasteiger partial charge on any atom is -0.241 e. The molecule has 13 heavy (non-hydrogen) atoms. The number of rotatable bonds is 4. The van der Waals surface area contributed by atoms with Gasteiger partial charge in [-0.25, -0.2) is 9.97 Å². The lowest BCUT2D eigenvalue weighted by Gasteiger charge is -2.03. The van der Waals surface area contributed by atoms with Gasteiger partial charge in [-0.05, 0) is 24.3 Å². The molecule has 0 aliphatic heterocycles. The monoisotopic (exact) mass is 178 g/mol. The summed E-state index contributed by atoms with van der Waals surface area (Å²) in [4.78, 5) is 8.62. The first-order valence-corrected chi connectivity index (χ1v) is 5.02. The minimum atomic E-state index is 0.731. The van der Waals surface area contributed by atoms with E-state index in [1.165, 1.54) is 12.0 Å². The van der Waals surface area contributed by atoms with Crippen molar-refractivity contribution in [3.8, 4) is 0 Å². The highest BCUT2D eigenvalue weighted by Crippen LogP contribution is 2.05. The van der Waals surface area contributed by atoms with Crippen LogP contribution in [-0.2, 0) is 12.8 Å². The molecule has 2 heteroatoms. The summed E-state index contributed by atoms with van der Waals surface area (Å²) in [6.45, 7) is 6.56. The zero-order valence-corrected chi connectivity index (χ0v) is 8.75. The summed E-state index contributed by atoms with van der Waals surface area (Å²) in [5, 5.41) is 0. The lowest BCUT2D eigenvalue weighted by molar-refractivity contribution is 0.574. The second kappa shape index (κ2) is 4.95. The highest BCUT2D eigenvalue weighted by molar-refractivity contribution is 5.04. The summed E-state index contributed by atoms with van der Waals surface area (Å²) in [6, 6.07) is 0.